The summed E-state index contributed by atoms with van der Waals surface area (Å²) >= 11 is 0. The Labute approximate surface area is 121 Å². The lowest BCUT2D eigenvalue weighted by Crippen LogP contribution is -2.26. The summed E-state index contributed by atoms with van der Waals surface area (Å²) in [5.74, 6) is 0.989. The fourth-order valence-electron chi connectivity index (χ4n) is 2.31. The van der Waals surface area contributed by atoms with Crippen molar-refractivity contribution < 1.29 is 4.74 Å². The quantitative estimate of drug-likeness (QED) is 0.784. The number of ether oxygens (including phenoxy) is 1. The lowest BCUT2D eigenvalue weighted by molar-refractivity contribution is 0.335. The minimum atomic E-state index is 0.697. The van der Waals surface area contributed by atoms with E-state index in [2.05, 4.69) is 60.7 Å². The van der Waals surface area contributed by atoms with Gasteiger partial charge in [-0.1, -0.05) is 30.3 Å². The van der Waals surface area contributed by atoms with Gasteiger partial charge >= 0.3 is 0 Å². The van der Waals surface area contributed by atoms with Crippen molar-refractivity contribution in [2.24, 2.45) is 0 Å². The first-order valence-corrected chi connectivity index (χ1v) is 7.21. The summed E-state index contributed by atoms with van der Waals surface area (Å²) in [6.45, 7) is 5.57. The second-order valence-electron chi connectivity index (χ2n) is 5.18. The van der Waals surface area contributed by atoms with E-state index in [1.54, 1.807) is 0 Å². The Bertz CT molecular complexity index is 552. The molecule has 20 heavy (non-hydrogen) atoms. The third-order valence-electron chi connectivity index (χ3n) is 3.34. The van der Waals surface area contributed by atoms with Crippen LogP contribution in [-0.4, -0.2) is 38.7 Å². The number of benzene rings is 2. The Balaban J connectivity index is 2.20. The second-order valence-corrected chi connectivity index (χ2v) is 5.18. The van der Waals surface area contributed by atoms with Crippen LogP contribution in [-0.2, 0) is 6.54 Å². The van der Waals surface area contributed by atoms with Crippen LogP contribution in [0.4, 0.5) is 0 Å². The first kappa shape index (κ1) is 14.8. The zero-order valence-corrected chi connectivity index (χ0v) is 12.6. The van der Waals surface area contributed by atoms with Gasteiger partial charge in [-0.15, -0.1) is 0 Å². The Kier molecular flexibility index (Phi) is 5.39. The van der Waals surface area contributed by atoms with Crippen LogP contribution in [0.15, 0.2) is 36.4 Å². The average Bonchev–Trinajstić information content (AvgIpc) is 2.45. The van der Waals surface area contributed by atoms with Crippen molar-refractivity contribution in [3.8, 4) is 5.75 Å². The summed E-state index contributed by atoms with van der Waals surface area (Å²) in [4.78, 5) is 2.18. The molecule has 3 nitrogen and oxygen atoms in total. The highest BCUT2D eigenvalue weighted by atomic mass is 16.5. The van der Waals surface area contributed by atoms with Crippen LogP contribution >= 0.6 is 0 Å². The van der Waals surface area contributed by atoms with E-state index in [1.165, 1.54) is 16.3 Å². The fourth-order valence-corrected chi connectivity index (χ4v) is 2.31. The highest BCUT2D eigenvalue weighted by molar-refractivity contribution is 5.87. The normalized spacial score (nSPS) is 11.2. The predicted molar refractivity (Wildman–Crippen MR) is 85.4 cm³/mol. The molecule has 0 saturated heterocycles. The van der Waals surface area contributed by atoms with Crippen molar-refractivity contribution in [3.05, 3.63) is 42.0 Å². The van der Waals surface area contributed by atoms with Crippen molar-refractivity contribution in [3.63, 3.8) is 0 Å². The van der Waals surface area contributed by atoms with Crippen LogP contribution in [0.5, 0.6) is 5.75 Å². The first-order chi connectivity index (χ1) is 9.72. The third-order valence-corrected chi connectivity index (χ3v) is 3.34. The van der Waals surface area contributed by atoms with Gasteiger partial charge in [0.25, 0.3) is 0 Å². The van der Waals surface area contributed by atoms with Gasteiger partial charge in [0.05, 0.1) is 6.61 Å². The van der Waals surface area contributed by atoms with E-state index in [4.69, 9.17) is 4.74 Å². The number of nitrogens with zero attached hydrogens (tertiary/aromatic N) is 1. The summed E-state index contributed by atoms with van der Waals surface area (Å²) in [6, 6.07) is 12.7. The zero-order valence-electron chi connectivity index (χ0n) is 12.6. The maximum absolute atomic E-state index is 5.77. The van der Waals surface area contributed by atoms with Crippen molar-refractivity contribution in [2.75, 3.05) is 33.8 Å². The number of rotatable bonds is 7. The van der Waals surface area contributed by atoms with E-state index in [1.807, 2.05) is 6.92 Å². The van der Waals surface area contributed by atoms with E-state index in [-0.39, 0.29) is 0 Å². The van der Waals surface area contributed by atoms with Gasteiger partial charge in [-0.2, -0.15) is 0 Å². The van der Waals surface area contributed by atoms with Crippen LogP contribution in [0.1, 0.15) is 12.5 Å². The second kappa shape index (κ2) is 7.27. The molecule has 0 fully saturated rings. The molecule has 0 unspecified atom stereocenters. The van der Waals surface area contributed by atoms with Crippen LogP contribution in [0.3, 0.4) is 0 Å². The topological polar surface area (TPSA) is 24.5 Å². The van der Waals surface area contributed by atoms with Crippen molar-refractivity contribution >= 4 is 10.8 Å². The molecule has 0 bridgehead atoms. The lowest BCUT2D eigenvalue weighted by Gasteiger charge is -2.15. The van der Waals surface area contributed by atoms with Crippen molar-refractivity contribution in [1.82, 2.24) is 10.2 Å². The standard InChI is InChI=1S/C17H24N2O/c1-4-20-17-10-9-14-7-5-6-8-15(14)16(17)13-18-11-12-19(2)3/h5-10,18H,4,11-13H2,1-3H3. The van der Waals surface area contributed by atoms with Crippen LogP contribution in [0, 0.1) is 0 Å². The SMILES string of the molecule is CCOc1ccc2ccccc2c1CNCCN(C)C. The van der Waals surface area contributed by atoms with Gasteiger partial charge in [-0.05, 0) is 37.9 Å². The summed E-state index contributed by atoms with van der Waals surface area (Å²) in [7, 11) is 4.18. The zero-order chi connectivity index (χ0) is 14.4. The summed E-state index contributed by atoms with van der Waals surface area (Å²) in [5.41, 5.74) is 1.25. The largest absolute Gasteiger partial charge is 0.494 e. The van der Waals surface area contributed by atoms with Gasteiger partial charge in [0.2, 0.25) is 0 Å². The molecule has 3 heteroatoms. The average molecular weight is 272 g/mol. The number of hydrogen-bond acceptors (Lipinski definition) is 3. The number of nitrogens with one attached hydrogen (secondary N) is 1. The minimum Gasteiger partial charge on any atom is -0.494 e. The smallest absolute Gasteiger partial charge is 0.124 e. The molecule has 2 aromatic carbocycles. The Morgan fingerprint density at radius 2 is 1.90 bits per heavy atom. The Morgan fingerprint density at radius 3 is 2.65 bits per heavy atom. The molecule has 0 saturated carbocycles. The van der Waals surface area contributed by atoms with E-state index in [0.29, 0.717) is 6.61 Å². The van der Waals surface area contributed by atoms with Gasteiger partial charge < -0.3 is 15.0 Å². The summed E-state index contributed by atoms with van der Waals surface area (Å²) in [6.07, 6.45) is 0. The molecule has 0 amide bonds. The van der Waals surface area contributed by atoms with Gasteiger partial charge in [0, 0.05) is 25.2 Å². The molecule has 0 heterocycles. The van der Waals surface area contributed by atoms with Gasteiger partial charge in [0.15, 0.2) is 0 Å². The number of hydrogen-bond donors (Lipinski definition) is 1. The number of fused-ring (bicyclic) bond motifs is 1. The Hall–Kier alpha value is -1.58. The minimum absolute atomic E-state index is 0.697. The van der Waals surface area contributed by atoms with Crippen LogP contribution in [0.25, 0.3) is 10.8 Å². The van der Waals surface area contributed by atoms with E-state index in [0.717, 1.165) is 25.4 Å². The molecule has 1 N–H and O–H groups in total. The third kappa shape index (κ3) is 3.71. The maximum atomic E-state index is 5.77. The molecule has 0 spiro atoms. The molecule has 0 aromatic heterocycles. The molecule has 0 atom stereocenters. The van der Waals surface area contributed by atoms with Crippen LogP contribution < -0.4 is 10.1 Å². The van der Waals surface area contributed by atoms with Crippen molar-refractivity contribution in [2.45, 2.75) is 13.5 Å². The van der Waals surface area contributed by atoms with E-state index >= 15 is 0 Å². The molecule has 0 aliphatic carbocycles. The highest BCUT2D eigenvalue weighted by Gasteiger charge is 2.08. The van der Waals surface area contributed by atoms with Crippen molar-refractivity contribution in [1.29, 1.82) is 0 Å². The molecule has 0 aliphatic rings. The molecule has 108 valence electrons. The van der Waals surface area contributed by atoms with Crippen LogP contribution in [0.2, 0.25) is 0 Å². The van der Waals surface area contributed by atoms with Gasteiger partial charge in [-0.25, -0.2) is 0 Å². The molecule has 2 rings (SSSR count). The maximum Gasteiger partial charge on any atom is 0.124 e. The Morgan fingerprint density at radius 1 is 1.10 bits per heavy atom. The molecule has 0 aliphatic heterocycles. The van der Waals surface area contributed by atoms with Gasteiger partial charge in [-0.3, -0.25) is 0 Å². The summed E-state index contributed by atoms with van der Waals surface area (Å²) < 4.78 is 5.77. The van der Waals surface area contributed by atoms with E-state index in [9.17, 15) is 0 Å². The first-order valence-electron chi connectivity index (χ1n) is 7.21. The molecular formula is C17H24N2O. The molecular weight excluding hydrogens is 248 g/mol. The fraction of sp³-hybridized carbons (Fsp3) is 0.412. The monoisotopic (exact) mass is 272 g/mol. The highest BCUT2D eigenvalue weighted by Crippen LogP contribution is 2.28. The predicted octanol–water partition coefficient (Wildman–Crippen LogP) is 2.89. The molecule has 0 radical (unpaired) electrons. The van der Waals surface area contributed by atoms with E-state index < -0.39 is 0 Å². The molecule has 2 aromatic rings. The summed E-state index contributed by atoms with van der Waals surface area (Å²) in [5, 5.41) is 6.04. The van der Waals surface area contributed by atoms with Gasteiger partial charge in [0.1, 0.15) is 5.75 Å². The number of likely N-dealkylation sites (N-methyl/N-ethyl adjacent to an activating group) is 1. The lowest BCUT2D eigenvalue weighted by atomic mass is 10.0.